The third-order valence-electron chi connectivity index (χ3n) is 5.07. The monoisotopic (exact) mass is 404 g/mol. The van der Waals surface area contributed by atoms with E-state index in [1.807, 2.05) is 12.2 Å². The van der Waals surface area contributed by atoms with Crippen molar-refractivity contribution in [2.24, 2.45) is 5.92 Å². The van der Waals surface area contributed by atoms with Gasteiger partial charge < -0.3 is 9.47 Å². The van der Waals surface area contributed by atoms with E-state index in [1.54, 1.807) is 48.5 Å². The van der Waals surface area contributed by atoms with Gasteiger partial charge in [0.25, 0.3) is 0 Å². The number of methoxy groups -OCH3 is 2. The summed E-state index contributed by atoms with van der Waals surface area (Å²) in [5.74, 6) is -0.411. The molecule has 1 fully saturated rings. The van der Waals surface area contributed by atoms with Gasteiger partial charge in [-0.25, -0.2) is 9.59 Å². The van der Waals surface area contributed by atoms with E-state index in [9.17, 15) is 14.4 Å². The van der Waals surface area contributed by atoms with Gasteiger partial charge in [-0.2, -0.15) is 0 Å². The van der Waals surface area contributed by atoms with Crippen LogP contribution in [0.3, 0.4) is 0 Å². The van der Waals surface area contributed by atoms with Gasteiger partial charge in [0, 0.05) is 11.1 Å². The number of carbonyl (C=O) groups excluding carboxylic acids is 3. The highest BCUT2D eigenvalue weighted by molar-refractivity contribution is 6.14. The van der Waals surface area contributed by atoms with Crippen molar-refractivity contribution in [3.63, 3.8) is 0 Å². The fourth-order valence-electron chi connectivity index (χ4n) is 3.53. The zero-order valence-electron chi connectivity index (χ0n) is 17.3. The van der Waals surface area contributed by atoms with Crippen LogP contribution in [-0.2, 0) is 14.3 Å². The van der Waals surface area contributed by atoms with Crippen LogP contribution >= 0.6 is 0 Å². The van der Waals surface area contributed by atoms with Crippen molar-refractivity contribution in [3.8, 4) is 0 Å². The van der Waals surface area contributed by atoms with E-state index in [2.05, 4.69) is 6.92 Å². The molecule has 3 rings (SSSR count). The number of Topliss-reactive ketones (excluding diaryl/α,β-unsaturated/α-hetero) is 1. The summed E-state index contributed by atoms with van der Waals surface area (Å²) in [4.78, 5) is 36.2. The first-order chi connectivity index (χ1) is 14.4. The quantitative estimate of drug-likeness (QED) is 0.544. The number of hydrogen-bond acceptors (Lipinski definition) is 5. The Morgan fingerprint density at radius 2 is 1.13 bits per heavy atom. The molecule has 0 radical (unpaired) electrons. The molecule has 0 spiro atoms. The molecule has 30 heavy (non-hydrogen) atoms. The van der Waals surface area contributed by atoms with E-state index < -0.39 is 0 Å². The summed E-state index contributed by atoms with van der Waals surface area (Å²) in [5.41, 5.74) is 4.16. The summed E-state index contributed by atoms with van der Waals surface area (Å²) in [5, 5.41) is 0. The predicted octanol–water partition coefficient (Wildman–Crippen LogP) is 4.73. The second kappa shape index (κ2) is 9.35. The molecule has 0 heterocycles. The van der Waals surface area contributed by atoms with Gasteiger partial charge in [0.1, 0.15) is 0 Å². The molecule has 2 aromatic rings. The largest absolute Gasteiger partial charge is 0.465 e. The number of hydrogen-bond donors (Lipinski definition) is 0. The van der Waals surface area contributed by atoms with Crippen LogP contribution in [-0.4, -0.2) is 31.9 Å². The normalized spacial score (nSPS) is 19.0. The Bertz CT molecular complexity index is 929. The van der Waals surface area contributed by atoms with E-state index in [1.165, 1.54) is 14.2 Å². The lowest BCUT2D eigenvalue weighted by Gasteiger charge is -2.22. The number of ketones is 1. The van der Waals surface area contributed by atoms with Gasteiger partial charge in [-0.05, 0) is 66.3 Å². The highest BCUT2D eigenvalue weighted by Gasteiger charge is 2.25. The molecule has 2 aromatic carbocycles. The topological polar surface area (TPSA) is 69.7 Å². The third kappa shape index (κ3) is 4.92. The number of benzene rings is 2. The van der Waals surface area contributed by atoms with Crippen LogP contribution in [0.1, 0.15) is 51.6 Å². The minimum atomic E-state index is -0.389. The Labute approximate surface area is 176 Å². The summed E-state index contributed by atoms with van der Waals surface area (Å²) in [6, 6.07) is 14.0. The number of allylic oxidation sites excluding steroid dienone is 2. The third-order valence-corrected chi connectivity index (χ3v) is 5.07. The lowest BCUT2D eigenvalue weighted by molar-refractivity contribution is -0.113. The average Bonchev–Trinajstić information content (AvgIpc) is 2.76. The lowest BCUT2D eigenvalue weighted by Crippen LogP contribution is -2.18. The summed E-state index contributed by atoms with van der Waals surface area (Å²) in [6.45, 7) is 2.12. The van der Waals surface area contributed by atoms with Crippen molar-refractivity contribution in [1.29, 1.82) is 0 Å². The number of rotatable bonds is 4. The van der Waals surface area contributed by atoms with Gasteiger partial charge in [-0.15, -0.1) is 0 Å². The highest BCUT2D eigenvalue weighted by Crippen LogP contribution is 2.32. The van der Waals surface area contributed by atoms with Crippen molar-refractivity contribution in [3.05, 3.63) is 81.9 Å². The molecule has 5 heteroatoms. The Morgan fingerprint density at radius 3 is 1.47 bits per heavy atom. The Kier molecular flexibility index (Phi) is 6.62. The Hall–Kier alpha value is -3.47. The van der Waals surface area contributed by atoms with E-state index in [0.717, 1.165) is 22.3 Å². The first-order valence-corrected chi connectivity index (χ1v) is 9.74. The van der Waals surface area contributed by atoms with Crippen LogP contribution in [0.15, 0.2) is 59.7 Å². The smallest absolute Gasteiger partial charge is 0.337 e. The SMILES string of the molecule is COC(=O)c1ccc(/C=C2/CC(C)C/C(=C\c3ccc(C(=O)OC)cc3)C2=O)cc1. The van der Waals surface area contributed by atoms with E-state index in [-0.39, 0.29) is 17.7 Å². The second-order valence-electron chi connectivity index (χ2n) is 7.41. The van der Waals surface area contributed by atoms with Crippen LogP contribution in [0.2, 0.25) is 0 Å². The van der Waals surface area contributed by atoms with Crippen LogP contribution < -0.4 is 0 Å². The second-order valence-corrected chi connectivity index (χ2v) is 7.41. The summed E-state index contributed by atoms with van der Waals surface area (Å²) >= 11 is 0. The molecule has 1 unspecified atom stereocenters. The number of ether oxygens (including phenoxy) is 2. The number of esters is 2. The minimum absolute atomic E-state index is 0.0298. The van der Waals surface area contributed by atoms with Crippen LogP contribution in [0.25, 0.3) is 12.2 Å². The van der Waals surface area contributed by atoms with Gasteiger partial charge in [0.15, 0.2) is 5.78 Å². The first kappa shape index (κ1) is 21.2. The maximum atomic E-state index is 13.0. The molecule has 0 amide bonds. The fraction of sp³-hybridized carbons (Fsp3) is 0.240. The van der Waals surface area contributed by atoms with E-state index >= 15 is 0 Å². The zero-order valence-corrected chi connectivity index (χ0v) is 17.3. The van der Waals surface area contributed by atoms with E-state index in [0.29, 0.717) is 29.9 Å². The summed E-state index contributed by atoms with van der Waals surface area (Å²) in [6.07, 6.45) is 5.17. The molecule has 5 nitrogen and oxygen atoms in total. The molecular weight excluding hydrogens is 380 g/mol. The maximum Gasteiger partial charge on any atom is 0.337 e. The Balaban J connectivity index is 1.84. The molecular formula is C25H24O5. The van der Waals surface area contributed by atoms with E-state index in [4.69, 9.17) is 9.47 Å². The molecule has 1 saturated carbocycles. The van der Waals surface area contributed by atoms with Gasteiger partial charge >= 0.3 is 11.9 Å². The fourth-order valence-corrected chi connectivity index (χ4v) is 3.53. The van der Waals surface area contributed by atoms with Crippen molar-refractivity contribution < 1.29 is 23.9 Å². The van der Waals surface area contributed by atoms with Crippen LogP contribution in [0, 0.1) is 5.92 Å². The molecule has 0 aromatic heterocycles. The van der Waals surface area contributed by atoms with Crippen molar-refractivity contribution in [2.45, 2.75) is 19.8 Å². The molecule has 0 bridgehead atoms. The van der Waals surface area contributed by atoms with Gasteiger partial charge in [0.2, 0.25) is 0 Å². The van der Waals surface area contributed by atoms with Crippen LogP contribution in [0.4, 0.5) is 0 Å². The highest BCUT2D eigenvalue weighted by atomic mass is 16.5. The molecule has 154 valence electrons. The van der Waals surface area contributed by atoms with Crippen LogP contribution in [0.5, 0.6) is 0 Å². The molecule has 0 saturated heterocycles. The molecule has 0 N–H and O–H groups in total. The summed E-state index contributed by atoms with van der Waals surface area (Å²) in [7, 11) is 2.69. The number of carbonyl (C=O) groups is 3. The predicted molar refractivity (Wildman–Crippen MR) is 115 cm³/mol. The standard InChI is InChI=1S/C25H24O5/c1-16-12-21(14-17-4-8-19(9-5-17)24(27)29-2)23(26)22(13-16)15-18-6-10-20(11-7-18)25(28)30-3/h4-11,14-16H,12-13H2,1-3H3/b21-14-,22-15+. The minimum Gasteiger partial charge on any atom is -0.465 e. The molecule has 1 aliphatic carbocycles. The molecule has 1 aliphatic rings. The van der Waals surface area contributed by atoms with Gasteiger partial charge in [0.05, 0.1) is 25.3 Å². The van der Waals surface area contributed by atoms with Gasteiger partial charge in [-0.3, -0.25) is 4.79 Å². The summed E-state index contributed by atoms with van der Waals surface area (Å²) < 4.78 is 9.43. The first-order valence-electron chi connectivity index (χ1n) is 9.74. The van der Waals surface area contributed by atoms with Crippen molar-refractivity contribution in [2.75, 3.05) is 14.2 Å². The zero-order chi connectivity index (χ0) is 21.7. The Morgan fingerprint density at radius 1 is 0.767 bits per heavy atom. The molecule has 1 atom stereocenters. The molecule has 0 aliphatic heterocycles. The maximum absolute atomic E-state index is 13.0. The van der Waals surface area contributed by atoms with Crippen molar-refractivity contribution >= 4 is 29.9 Å². The average molecular weight is 404 g/mol. The van der Waals surface area contributed by atoms with Crippen molar-refractivity contribution in [1.82, 2.24) is 0 Å². The van der Waals surface area contributed by atoms with Gasteiger partial charge in [-0.1, -0.05) is 31.2 Å². The lowest BCUT2D eigenvalue weighted by atomic mass is 9.80.